The lowest BCUT2D eigenvalue weighted by Gasteiger charge is -2.44. The van der Waals surface area contributed by atoms with Crippen molar-refractivity contribution in [3.05, 3.63) is 65.2 Å². The number of thiol groups is 1. The van der Waals surface area contributed by atoms with Gasteiger partial charge in [-0.3, -0.25) is 9.59 Å². The van der Waals surface area contributed by atoms with E-state index in [4.69, 9.17) is 11.2 Å². The first-order valence-corrected chi connectivity index (χ1v) is 13.2. The van der Waals surface area contributed by atoms with Gasteiger partial charge in [-0.15, -0.1) is 6.42 Å². The number of hydrogen-bond acceptors (Lipinski definition) is 5. The van der Waals surface area contributed by atoms with E-state index in [1.807, 2.05) is 52.0 Å². The van der Waals surface area contributed by atoms with E-state index in [9.17, 15) is 14.4 Å². The quantitative estimate of drug-likeness (QED) is 0.291. The molecule has 2 aromatic carbocycles. The summed E-state index contributed by atoms with van der Waals surface area (Å²) in [7, 11) is 0. The van der Waals surface area contributed by atoms with E-state index in [0.29, 0.717) is 23.2 Å². The molecular weight excluding hydrogens is 498 g/mol. The van der Waals surface area contributed by atoms with Gasteiger partial charge in [-0.1, -0.05) is 43.2 Å². The molecule has 204 valence electrons. The van der Waals surface area contributed by atoms with Crippen LogP contribution in [0.5, 0.6) is 0 Å². The van der Waals surface area contributed by atoms with Crippen LogP contribution in [-0.2, 0) is 14.3 Å². The molecule has 0 saturated heterocycles. The number of nitrogens with one attached hydrogen (secondary N) is 2. The van der Waals surface area contributed by atoms with Gasteiger partial charge in [0.15, 0.2) is 0 Å². The van der Waals surface area contributed by atoms with Gasteiger partial charge in [0.05, 0.1) is 0 Å². The molecule has 0 bridgehead atoms. The highest BCUT2D eigenvalue weighted by molar-refractivity contribution is 7.80. The molecule has 0 spiro atoms. The molecule has 8 heteroatoms. The topological polar surface area (TPSA) is 87.7 Å². The summed E-state index contributed by atoms with van der Waals surface area (Å²) in [6.45, 7) is 12.8. The molecule has 0 aliphatic rings. The van der Waals surface area contributed by atoms with Crippen LogP contribution < -0.4 is 10.6 Å². The fourth-order valence-corrected chi connectivity index (χ4v) is 4.09. The van der Waals surface area contributed by atoms with Gasteiger partial charge < -0.3 is 20.3 Å². The van der Waals surface area contributed by atoms with Crippen molar-refractivity contribution in [3.8, 4) is 12.3 Å². The minimum atomic E-state index is -1.03. The Labute approximate surface area is 232 Å². The molecule has 7 nitrogen and oxygen atoms in total. The summed E-state index contributed by atoms with van der Waals surface area (Å²) in [5, 5.41) is 5.63. The van der Waals surface area contributed by atoms with Gasteiger partial charge in [0.2, 0.25) is 5.91 Å². The summed E-state index contributed by atoms with van der Waals surface area (Å²) in [5.41, 5.74) is 1.24. The third-order valence-electron chi connectivity index (χ3n) is 6.23. The standard InChI is InChI=1S/C30H39N3O4S/c1-9-21-15-17-22(18-16-21)25(26(34)31-23-14-12-11-13-20(23)3)33(30(7,8)10-2)27(35)24(19-38)32-28(36)37-29(4,5)6/h1,11-18,24-25,38H,10,19H2,2-8H3,(H,31,34)(H,32,36). The molecule has 2 rings (SSSR count). The van der Waals surface area contributed by atoms with Crippen molar-refractivity contribution >= 4 is 36.2 Å². The van der Waals surface area contributed by atoms with E-state index < -0.39 is 41.1 Å². The predicted molar refractivity (Wildman–Crippen MR) is 155 cm³/mol. The molecule has 0 fully saturated rings. The zero-order chi connectivity index (χ0) is 28.7. The Morgan fingerprint density at radius 2 is 1.66 bits per heavy atom. The number of benzene rings is 2. The first kappa shape index (κ1) is 30.8. The minimum absolute atomic E-state index is 0.0105. The summed E-state index contributed by atoms with van der Waals surface area (Å²) in [5.74, 6) is 1.74. The lowest BCUT2D eigenvalue weighted by Crippen LogP contribution is -2.59. The third kappa shape index (κ3) is 8.03. The third-order valence-corrected chi connectivity index (χ3v) is 6.59. The van der Waals surface area contributed by atoms with E-state index in [-0.39, 0.29) is 5.75 Å². The van der Waals surface area contributed by atoms with E-state index in [0.717, 1.165) is 5.56 Å². The van der Waals surface area contributed by atoms with E-state index in [2.05, 4.69) is 29.2 Å². The number of rotatable bonds is 9. The van der Waals surface area contributed by atoms with Crippen molar-refractivity contribution in [2.45, 2.75) is 78.1 Å². The number of hydrogen-bond donors (Lipinski definition) is 3. The number of carbonyl (C=O) groups excluding carboxylic acids is 3. The average Bonchev–Trinajstić information content (AvgIpc) is 2.85. The number of amides is 3. The highest BCUT2D eigenvalue weighted by Crippen LogP contribution is 2.33. The van der Waals surface area contributed by atoms with Crippen LogP contribution in [0.2, 0.25) is 0 Å². The fraction of sp³-hybridized carbons (Fsp3) is 0.433. The van der Waals surface area contributed by atoms with Crippen LogP contribution in [0.15, 0.2) is 48.5 Å². The molecule has 0 aromatic heterocycles. The van der Waals surface area contributed by atoms with Crippen LogP contribution in [0, 0.1) is 19.3 Å². The Kier molecular flexibility index (Phi) is 10.4. The smallest absolute Gasteiger partial charge is 0.408 e. The van der Waals surface area contributed by atoms with Crippen molar-refractivity contribution in [3.63, 3.8) is 0 Å². The normalized spacial score (nSPS) is 13.0. The lowest BCUT2D eigenvalue weighted by atomic mass is 9.91. The number of nitrogens with zero attached hydrogens (tertiary/aromatic N) is 1. The van der Waals surface area contributed by atoms with E-state index >= 15 is 0 Å². The predicted octanol–water partition coefficient (Wildman–Crippen LogP) is 5.50. The summed E-state index contributed by atoms with van der Waals surface area (Å²) in [6.07, 6.45) is 5.35. The number of ether oxygens (including phenoxy) is 1. The molecule has 2 N–H and O–H groups in total. The average molecular weight is 538 g/mol. The van der Waals surface area contributed by atoms with Crippen molar-refractivity contribution in [2.24, 2.45) is 0 Å². The maximum atomic E-state index is 14.1. The van der Waals surface area contributed by atoms with Crippen LogP contribution in [0.25, 0.3) is 0 Å². The van der Waals surface area contributed by atoms with Gasteiger partial charge in [0, 0.05) is 22.5 Å². The van der Waals surface area contributed by atoms with Crippen LogP contribution in [-0.4, -0.2) is 45.7 Å². The molecule has 38 heavy (non-hydrogen) atoms. The Hall–Kier alpha value is -3.44. The minimum Gasteiger partial charge on any atom is -0.444 e. The molecule has 2 atom stereocenters. The number of alkyl carbamates (subject to hydrolysis) is 1. The molecule has 0 aliphatic heterocycles. The Bertz CT molecular complexity index is 1180. The Balaban J connectivity index is 2.61. The van der Waals surface area contributed by atoms with Gasteiger partial charge >= 0.3 is 6.09 Å². The summed E-state index contributed by atoms with van der Waals surface area (Å²) in [6, 6.07) is 12.3. The van der Waals surface area contributed by atoms with Crippen molar-refractivity contribution in [1.29, 1.82) is 0 Å². The molecule has 0 saturated carbocycles. The Morgan fingerprint density at radius 1 is 1.05 bits per heavy atom. The molecule has 0 aliphatic carbocycles. The molecule has 3 amide bonds. The number of aryl methyl sites for hydroxylation is 1. The number of carbonyl (C=O) groups is 3. The molecule has 2 aromatic rings. The van der Waals surface area contributed by atoms with Gasteiger partial charge in [0.25, 0.3) is 5.91 Å². The monoisotopic (exact) mass is 537 g/mol. The SMILES string of the molecule is C#Cc1ccc(C(C(=O)Nc2ccccc2C)N(C(=O)C(CS)NC(=O)OC(C)(C)C)C(C)(C)CC)cc1. The first-order valence-electron chi connectivity index (χ1n) is 12.6. The van der Waals surface area contributed by atoms with Gasteiger partial charge in [-0.25, -0.2) is 4.79 Å². The second-order valence-corrected chi connectivity index (χ2v) is 11.1. The zero-order valence-electron chi connectivity index (χ0n) is 23.3. The van der Waals surface area contributed by atoms with Gasteiger partial charge in [-0.2, -0.15) is 12.6 Å². The van der Waals surface area contributed by atoms with Crippen molar-refractivity contribution < 1.29 is 19.1 Å². The van der Waals surface area contributed by atoms with Gasteiger partial charge in [-0.05, 0) is 77.3 Å². The maximum Gasteiger partial charge on any atom is 0.408 e. The highest BCUT2D eigenvalue weighted by Gasteiger charge is 2.43. The number of terminal acetylenes is 1. The summed E-state index contributed by atoms with van der Waals surface area (Å²) >= 11 is 4.35. The molecule has 0 heterocycles. The van der Waals surface area contributed by atoms with E-state index in [1.165, 1.54) is 4.90 Å². The second kappa shape index (κ2) is 12.9. The van der Waals surface area contributed by atoms with Crippen molar-refractivity contribution in [1.82, 2.24) is 10.2 Å². The summed E-state index contributed by atoms with van der Waals surface area (Å²) < 4.78 is 5.37. The van der Waals surface area contributed by atoms with Crippen LogP contribution in [0.3, 0.4) is 0 Å². The fourth-order valence-electron chi connectivity index (χ4n) is 3.84. The largest absolute Gasteiger partial charge is 0.444 e. The molecule has 2 unspecified atom stereocenters. The van der Waals surface area contributed by atoms with E-state index in [1.54, 1.807) is 45.0 Å². The highest BCUT2D eigenvalue weighted by atomic mass is 32.1. The number of para-hydroxylation sites is 1. The summed E-state index contributed by atoms with van der Waals surface area (Å²) in [4.78, 5) is 42.2. The van der Waals surface area contributed by atoms with Crippen LogP contribution in [0.1, 0.15) is 70.7 Å². The molecular formula is C30H39N3O4S. The molecule has 0 radical (unpaired) electrons. The van der Waals surface area contributed by atoms with Gasteiger partial charge in [0.1, 0.15) is 17.7 Å². The van der Waals surface area contributed by atoms with Crippen LogP contribution in [0.4, 0.5) is 10.5 Å². The van der Waals surface area contributed by atoms with Crippen LogP contribution >= 0.6 is 12.6 Å². The second-order valence-electron chi connectivity index (χ2n) is 10.7. The maximum absolute atomic E-state index is 14.1. The first-order chi connectivity index (χ1) is 17.7. The lowest BCUT2D eigenvalue weighted by molar-refractivity contribution is -0.147. The Morgan fingerprint density at radius 3 is 2.16 bits per heavy atom. The number of anilines is 1. The zero-order valence-corrected chi connectivity index (χ0v) is 24.2. The van der Waals surface area contributed by atoms with Crippen molar-refractivity contribution in [2.75, 3.05) is 11.1 Å².